The lowest BCUT2D eigenvalue weighted by Gasteiger charge is -2.37. The summed E-state index contributed by atoms with van der Waals surface area (Å²) in [5, 5.41) is 7.60. The summed E-state index contributed by atoms with van der Waals surface area (Å²) >= 11 is 0. The number of benzene rings is 1. The molecular weight excluding hydrogens is 380 g/mol. The number of fused-ring (bicyclic) bond motifs is 1. The molecule has 0 aliphatic carbocycles. The molecule has 30 heavy (non-hydrogen) atoms. The summed E-state index contributed by atoms with van der Waals surface area (Å²) in [6.07, 6.45) is 2.32. The second kappa shape index (κ2) is 8.65. The third kappa shape index (κ3) is 4.29. The molecule has 3 heterocycles. The molecule has 0 bridgehead atoms. The lowest BCUT2D eigenvalue weighted by atomic mass is 10.1. The van der Waals surface area contributed by atoms with Gasteiger partial charge in [-0.2, -0.15) is 0 Å². The number of nitrogens with zero attached hydrogens (tertiary/aromatic N) is 3. The molecular formula is C22H32N6O2. The summed E-state index contributed by atoms with van der Waals surface area (Å²) < 4.78 is 0. The van der Waals surface area contributed by atoms with Gasteiger partial charge in [0.2, 0.25) is 11.8 Å². The zero-order chi connectivity index (χ0) is 21.3. The first-order valence-electron chi connectivity index (χ1n) is 10.8. The summed E-state index contributed by atoms with van der Waals surface area (Å²) in [4.78, 5) is 29.5. The number of hydrazine groups is 1. The molecule has 4 rings (SSSR count). The van der Waals surface area contributed by atoms with Gasteiger partial charge in [0, 0.05) is 63.3 Å². The number of aryl methyl sites for hydroxylation is 1. The lowest BCUT2D eigenvalue weighted by molar-refractivity contribution is -0.125. The van der Waals surface area contributed by atoms with Gasteiger partial charge in [-0.3, -0.25) is 14.5 Å². The van der Waals surface area contributed by atoms with E-state index in [1.54, 1.807) is 5.01 Å². The summed E-state index contributed by atoms with van der Waals surface area (Å²) in [5.41, 5.74) is 7.94. The number of anilines is 1. The van der Waals surface area contributed by atoms with Crippen molar-refractivity contribution in [2.45, 2.75) is 39.3 Å². The van der Waals surface area contributed by atoms with Gasteiger partial charge in [0.15, 0.2) is 0 Å². The number of piperazine rings is 1. The average Bonchev–Trinajstić information content (AvgIpc) is 3.15. The third-order valence-electron chi connectivity index (χ3n) is 6.39. The van der Waals surface area contributed by atoms with E-state index >= 15 is 0 Å². The standard InChI is InChI=1S/C22H32N6O2/c1-15-5-4-6-19(17(15)3)27-11-9-26(10-12-27)8-7-23-21(29)18-13-20-22(30)24-16(2)14-28(20)25-18/h4-6,14,18,20,25H,7-13H2,1-3H3,(H,23,29)(H,24,30). The predicted octanol–water partition coefficient (Wildman–Crippen LogP) is 0.480. The van der Waals surface area contributed by atoms with Crippen molar-refractivity contribution in [2.24, 2.45) is 0 Å². The normalized spacial score (nSPS) is 24.4. The fourth-order valence-electron chi connectivity index (χ4n) is 4.46. The number of allylic oxidation sites excluding steroid dienone is 1. The van der Waals surface area contributed by atoms with Crippen molar-refractivity contribution in [3.63, 3.8) is 0 Å². The van der Waals surface area contributed by atoms with E-state index in [0.29, 0.717) is 13.0 Å². The second-order valence-corrected chi connectivity index (χ2v) is 8.48. The molecule has 2 fully saturated rings. The zero-order valence-corrected chi connectivity index (χ0v) is 18.1. The van der Waals surface area contributed by atoms with Crippen molar-refractivity contribution in [1.82, 2.24) is 26.0 Å². The second-order valence-electron chi connectivity index (χ2n) is 8.48. The molecule has 2 atom stereocenters. The Hall–Kier alpha value is -2.58. The molecule has 1 aromatic carbocycles. The number of hydrogen-bond acceptors (Lipinski definition) is 6. The van der Waals surface area contributed by atoms with Gasteiger partial charge < -0.3 is 20.5 Å². The number of amides is 2. The van der Waals surface area contributed by atoms with Crippen LogP contribution >= 0.6 is 0 Å². The highest BCUT2D eigenvalue weighted by atomic mass is 16.2. The van der Waals surface area contributed by atoms with Gasteiger partial charge in [0.05, 0.1) is 0 Å². The number of nitrogens with one attached hydrogen (secondary N) is 3. The van der Waals surface area contributed by atoms with Crippen LogP contribution < -0.4 is 21.0 Å². The minimum atomic E-state index is -0.371. The number of carbonyl (C=O) groups excluding carboxylic acids is 2. The minimum Gasteiger partial charge on any atom is -0.369 e. The maximum atomic E-state index is 12.5. The fraction of sp³-hybridized carbons (Fsp3) is 0.545. The Labute approximate surface area is 178 Å². The maximum absolute atomic E-state index is 12.5. The Morgan fingerprint density at radius 1 is 1.17 bits per heavy atom. The third-order valence-corrected chi connectivity index (χ3v) is 6.39. The minimum absolute atomic E-state index is 0.0442. The van der Waals surface area contributed by atoms with Crippen LogP contribution in [-0.2, 0) is 9.59 Å². The van der Waals surface area contributed by atoms with Gasteiger partial charge in [-0.25, -0.2) is 5.43 Å². The van der Waals surface area contributed by atoms with E-state index in [1.165, 1.54) is 16.8 Å². The molecule has 0 radical (unpaired) electrons. The van der Waals surface area contributed by atoms with E-state index in [4.69, 9.17) is 0 Å². The van der Waals surface area contributed by atoms with Crippen LogP contribution in [0.5, 0.6) is 0 Å². The number of carbonyl (C=O) groups is 2. The molecule has 2 saturated heterocycles. The van der Waals surface area contributed by atoms with Gasteiger partial charge in [-0.05, 0) is 38.0 Å². The van der Waals surface area contributed by atoms with E-state index in [1.807, 2.05) is 13.1 Å². The average molecular weight is 413 g/mol. The SMILES string of the molecule is CC1=CN2NC(C(=O)NCCN3CCN(c4cccc(C)c4C)CC3)CC2C(=O)N1. The first-order valence-corrected chi connectivity index (χ1v) is 10.8. The summed E-state index contributed by atoms with van der Waals surface area (Å²) in [7, 11) is 0. The van der Waals surface area contributed by atoms with Crippen LogP contribution in [-0.4, -0.2) is 73.1 Å². The summed E-state index contributed by atoms with van der Waals surface area (Å²) in [5.74, 6) is -0.100. The van der Waals surface area contributed by atoms with Crippen molar-refractivity contribution in [3.05, 3.63) is 41.2 Å². The monoisotopic (exact) mass is 412 g/mol. The zero-order valence-electron chi connectivity index (χ0n) is 18.1. The van der Waals surface area contributed by atoms with Crippen molar-refractivity contribution in [1.29, 1.82) is 0 Å². The fourth-order valence-corrected chi connectivity index (χ4v) is 4.46. The van der Waals surface area contributed by atoms with Gasteiger partial charge in [-0.1, -0.05) is 12.1 Å². The highest BCUT2D eigenvalue weighted by molar-refractivity contribution is 5.88. The van der Waals surface area contributed by atoms with Crippen LogP contribution in [0.3, 0.4) is 0 Å². The van der Waals surface area contributed by atoms with Crippen LogP contribution in [0.4, 0.5) is 5.69 Å². The van der Waals surface area contributed by atoms with E-state index in [0.717, 1.165) is 38.4 Å². The number of hydrogen-bond donors (Lipinski definition) is 3. The largest absolute Gasteiger partial charge is 0.369 e. The molecule has 8 nitrogen and oxygen atoms in total. The van der Waals surface area contributed by atoms with Crippen LogP contribution in [0.1, 0.15) is 24.5 Å². The Balaban J connectivity index is 1.20. The number of rotatable bonds is 5. The van der Waals surface area contributed by atoms with Crippen LogP contribution in [0, 0.1) is 13.8 Å². The van der Waals surface area contributed by atoms with Crippen molar-refractivity contribution in [3.8, 4) is 0 Å². The smallest absolute Gasteiger partial charge is 0.248 e. The quantitative estimate of drug-likeness (QED) is 0.653. The van der Waals surface area contributed by atoms with Gasteiger partial charge in [0.1, 0.15) is 12.1 Å². The predicted molar refractivity (Wildman–Crippen MR) is 117 cm³/mol. The van der Waals surface area contributed by atoms with E-state index in [-0.39, 0.29) is 23.9 Å². The topological polar surface area (TPSA) is 80.0 Å². The van der Waals surface area contributed by atoms with E-state index in [9.17, 15) is 9.59 Å². The molecule has 3 N–H and O–H groups in total. The molecule has 3 aliphatic heterocycles. The molecule has 162 valence electrons. The molecule has 0 saturated carbocycles. The molecule has 8 heteroatoms. The Morgan fingerprint density at radius 3 is 2.70 bits per heavy atom. The van der Waals surface area contributed by atoms with Crippen molar-refractivity contribution in [2.75, 3.05) is 44.2 Å². The Kier molecular flexibility index (Phi) is 5.97. The Morgan fingerprint density at radius 2 is 1.93 bits per heavy atom. The first kappa shape index (κ1) is 20.7. The van der Waals surface area contributed by atoms with Gasteiger partial charge in [0.25, 0.3) is 0 Å². The maximum Gasteiger partial charge on any atom is 0.248 e. The van der Waals surface area contributed by atoms with Crippen LogP contribution in [0.2, 0.25) is 0 Å². The highest BCUT2D eigenvalue weighted by Crippen LogP contribution is 2.24. The molecule has 2 amide bonds. The molecule has 0 aromatic heterocycles. The summed E-state index contributed by atoms with van der Waals surface area (Å²) in [6, 6.07) is 5.81. The lowest BCUT2D eigenvalue weighted by Crippen LogP contribution is -2.50. The Bertz CT molecular complexity index is 846. The molecule has 2 unspecified atom stereocenters. The van der Waals surface area contributed by atoms with Gasteiger partial charge >= 0.3 is 0 Å². The molecule has 1 aromatic rings. The van der Waals surface area contributed by atoms with E-state index < -0.39 is 0 Å². The van der Waals surface area contributed by atoms with E-state index in [2.05, 4.69) is 57.9 Å². The first-order chi connectivity index (χ1) is 14.4. The summed E-state index contributed by atoms with van der Waals surface area (Å²) in [6.45, 7) is 11.6. The van der Waals surface area contributed by atoms with Gasteiger partial charge in [-0.15, -0.1) is 0 Å². The van der Waals surface area contributed by atoms with Crippen molar-refractivity contribution < 1.29 is 9.59 Å². The molecule has 0 spiro atoms. The van der Waals surface area contributed by atoms with Crippen molar-refractivity contribution >= 4 is 17.5 Å². The highest BCUT2D eigenvalue weighted by Gasteiger charge is 2.40. The van der Waals surface area contributed by atoms with Crippen LogP contribution in [0.25, 0.3) is 0 Å². The van der Waals surface area contributed by atoms with Crippen LogP contribution in [0.15, 0.2) is 30.1 Å². The molecule has 3 aliphatic rings.